The molecule has 0 fully saturated rings. The summed E-state index contributed by atoms with van der Waals surface area (Å²) in [4.78, 5) is 109. The Morgan fingerprint density at radius 1 is 0.531 bits per heavy atom. The molecule has 23 nitrogen and oxygen atoms in total. The van der Waals surface area contributed by atoms with Gasteiger partial charge in [-0.1, -0.05) is 0 Å². The molecule has 64 heavy (non-hydrogen) atoms. The van der Waals surface area contributed by atoms with Crippen molar-refractivity contribution in [3.8, 4) is 0 Å². The van der Waals surface area contributed by atoms with Gasteiger partial charge in [-0.25, -0.2) is 9.97 Å². The van der Waals surface area contributed by atoms with Gasteiger partial charge in [0.2, 0.25) is 23.5 Å². The first kappa shape index (κ1) is 45.0. The molecule has 0 saturated carbocycles. The van der Waals surface area contributed by atoms with Crippen molar-refractivity contribution in [2.45, 2.75) is 26.2 Å². The maximum absolute atomic E-state index is 13.2. The molecule has 0 bridgehead atoms. The standard InChI is InChI=1S/C41H47N15O8/c1-24(57)45-33-22-55(6)36(50-33)41(64)49-28-17-32(54(5)21-28)40(63)48-26-15-29(51(2)19-26)37(60)43-10-7-8-34(58)46-25-14-31(53(4)18-25)39(62)47-27-16-30(52(3)20-27)38(61)44-11-9-35(59)56-13-12-42-23-56/h12-23H,7-11H2,1-6H3,(H,43,60)(H,44,61)(H,45,57)(H,46,58)(H,47,62)(H,48,63)(H,49,64). The van der Waals surface area contributed by atoms with Crippen molar-refractivity contribution in [3.63, 3.8) is 0 Å². The highest BCUT2D eigenvalue weighted by molar-refractivity contribution is 6.07. The summed E-state index contributed by atoms with van der Waals surface area (Å²) < 4.78 is 8.95. The SMILES string of the molecule is CC(=O)Nc1cn(C)c(C(=O)Nc2cc(C(=O)Nc3cc(C(=O)NCCCC(=O)Nc4cc(C(=O)Nc5cc(C(=O)NCCC(=O)n6ccnc6)n(C)c5)n(C)c4)n(C)c3)n(C)c2)n1. The molecule has 0 spiro atoms. The minimum atomic E-state index is -0.551. The number of amides is 7. The third kappa shape index (κ3) is 11.1. The van der Waals surface area contributed by atoms with Crippen LogP contribution < -0.4 is 37.2 Å². The fourth-order valence-corrected chi connectivity index (χ4v) is 6.60. The van der Waals surface area contributed by atoms with Gasteiger partial charge in [0, 0.05) is 111 Å². The monoisotopic (exact) mass is 877 g/mol. The molecule has 0 aromatic carbocycles. The molecule has 0 unspecified atom stereocenters. The number of hydrogen-bond donors (Lipinski definition) is 7. The van der Waals surface area contributed by atoms with Crippen molar-refractivity contribution in [3.05, 3.63) is 103 Å². The van der Waals surface area contributed by atoms with Crippen LogP contribution in [0.4, 0.5) is 28.6 Å². The molecule has 0 aliphatic carbocycles. The number of imidazole rings is 2. The summed E-state index contributed by atoms with van der Waals surface area (Å²) in [6.45, 7) is 1.61. The van der Waals surface area contributed by atoms with Crippen molar-refractivity contribution in [2.75, 3.05) is 39.7 Å². The van der Waals surface area contributed by atoms with Crippen LogP contribution in [0.25, 0.3) is 0 Å². The number of nitrogens with one attached hydrogen (secondary N) is 7. The lowest BCUT2D eigenvalue weighted by atomic mass is 10.2. The zero-order valence-corrected chi connectivity index (χ0v) is 35.8. The Morgan fingerprint density at radius 3 is 1.48 bits per heavy atom. The third-order valence-corrected chi connectivity index (χ3v) is 9.67. The maximum Gasteiger partial charge on any atom is 0.291 e. The minimum Gasteiger partial charge on any atom is -0.351 e. The van der Waals surface area contributed by atoms with Gasteiger partial charge in [-0.2, -0.15) is 0 Å². The van der Waals surface area contributed by atoms with Gasteiger partial charge in [0.1, 0.15) is 29.1 Å². The average Bonchev–Trinajstić information content (AvgIpc) is 4.09. The van der Waals surface area contributed by atoms with E-state index in [0.717, 1.165) is 0 Å². The molecule has 23 heteroatoms. The highest BCUT2D eigenvalue weighted by Gasteiger charge is 2.21. The fourth-order valence-electron chi connectivity index (χ4n) is 6.60. The average molecular weight is 878 g/mol. The normalized spacial score (nSPS) is 10.8. The van der Waals surface area contributed by atoms with E-state index in [1.807, 2.05) is 0 Å². The Morgan fingerprint density at radius 2 is 1.00 bits per heavy atom. The maximum atomic E-state index is 13.2. The molecule has 6 rings (SSSR count). The van der Waals surface area contributed by atoms with Gasteiger partial charge in [0.25, 0.3) is 29.5 Å². The zero-order valence-electron chi connectivity index (χ0n) is 35.8. The molecule has 334 valence electrons. The summed E-state index contributed by atoms with van der Waals surface area (Å²) >= 11 is 0. The number of rotatable bonds is 17. The first-order chi connectivity index (χ1) is 30.4. The van der Waals surface area contributed by atoms with Crippen LogP contribution in [0, 0.1) is 0 Å². The second-order valence-corrected chi connectivity index (χ2v) is 14.8. The fraction of sp³-hybridized carbons (Fsp3) is 0.268. The summed E-state index contributed by atoms with van der Waals surface area (Å²) in [6, 6.07) is 6.01. The molecule has 6 aromatic rings. The van der Waals surface area contributed by atoms with E-state index in [-0.39, 0.29) is 78.1 Å². The number of nitrogens with zero attached hydrogens (tertiary/aromatic N) is 8. The number of carbonyl (C=O) groups is 8. The molecule has 7 amide bonds. The van der Waals surface area contributed by atoms with Crippen LogP contribution in [0.2, 0.25) is 0 Å². The number of aryl methyl sites for hydroxylation is 5. The van der Waals surface area contributed by atoms with Gasteiger partial charge in [0.15, 0.2) is 5.82 Å². The summed E-state index contributed by atoms with van der Waals surface area (Å²) in [7, 11) is 8.18. The Bertz CT molecular complexity index is 2760. The molecular weight excluding hydrogens is 831 g/mol. The summed E-state index contributed by atoms with van der Waals surface area (Å²) in [5, 5.41) is 19.0. The van der Waals surface area contributed by atoms with Crippen LogP contribution >= 0.6 is 0 Å². The van der Waals surface area contributed by atoms with Crippen LogP contribution in [-0.2, 0) is 44.8 Å². The van der Waals surface area contributed by atoms with E-state index in [4.69, 9.17) is 0 Å². The minimum absolute atomic E-state index is 0.0453. The molecular formula is C41H47N15O8. The van der Waals surface area contributed by atoms with Gasteiger partial charge >= 0.3 is 0 Å². The van der Waals surface area contributed by atoms with Crippen molar-refractivity contribution in [1.82, 2.24) is 48.0 Å². The molecule has 6 aromatic heterocycles. The van der Waals surface area contributed by atoms with Crippen LogP contribution in [-0.4, -0.2) is 97.7 Å². The van der Waals surface area contributed by atoms with Gasteiger partial charge < -0.3 is 60.1 Å². The van der Waals surface area contributed by atoms with E-state index >= 15 is 0 Å². The van der Waals surface area contributed by atoms with E-state index in [0.29, 0.717) is 29.2 Å². The van der Waals surface area contributed by atoms with E-state index in [1.54, 1.807) is 73.7 Å². The van der Waals surface area contributed by atoms with Crippen molar-refractivity contribution in [2.24, 2.45) is 35.2 Å². The highest BCUT2D eigenvalue weighted by Crippen LogP contribution is 2.20. The number of aromatic nitrogens is 8. The van der Waals surface area contributed by atoms with Crippen LogP contribution in [0.5, 0.6) is 0 Å². The molecule has 0 aliphatic rings. The van der Waals surface area contributed by atoms with Crippen molar-refractivity contribution >= 4 is 75.8 Å². The zero-order chi connectivity index (χ0) is 46.2. The Balaban J connectivity index is 0.926. The van der Waals surface area contributed by atoms with Crippen LogP contribution in [0.1, 0.15) is 83.6 Å². The second-order valence-electron chi connectivity index (χ2n) is 14.8. The largest absolute Gasteiger partial charge is 0.351 e. The first-order valence-electron chi connectivity index (χ1n) is 19.7. The van der Waals surface area contributed by atoms with Gasteiger partial charge in [0.05, 0.1) is 22.7 Å². The number of hydrogen-bond acceptors (Lipinski definition) is 10. The van der Waals surface area contributed by atoms with Crippen molar-refractivity contribution < 1.29 is 38.4 Å². The molecule has 0 atom stereocenters. The van der Waals surface area contributed by atoms with Gasteiger partial charge in [-0.05, 0) is 30.7 Å². The number of anilines is 5. The van der Waals surface area contributed by atoms with E-state index in [9.17, 15) is 38.4 Å². The van der Waals surface area contributed by atoms with Crippen molar-refractivity contribution in [1.29, 1.82) is 0 Å². The lowest BCUT2D eigenvalue weighted by Crippen LogP contribution is -2.28. The van der Waals surface area contributed by atoms with Crippen LogP contribution in [0.3, 0.4) is 0 Å². The summed E-state index contributed by atoms with van der Waals surface area (Å²) in [6.07, 6.45) is 12.6. The second kappa shape index (κ2) is 19.5. The smallest absolute Gasteiger partial charge is 0.291 e. The Labute approximate surface area is 365 Å². The van der Waals surface area contributed by atoms with Crippen LogP contribution in [0.15, 0.2) is 74.0 Å². The predicted octanol–water partition coefficient (Wildman–Crippen LogP) is 2.29. The Hall–Kier alpha value is -8.50. The topological polar surface area (TPSA) is 276 Å². The van der Waals surface area contributed by atoms with Gasteiger partial charge in [-0.15, -0.1) is 0 Å². The lowest BCUT2D eigenvalue weighted by molar-refractivity contribution is -0.116. The lowest BCUT2D eigenvalue weighted by Gasteiger charge is -2.06. The quantitative estimate of drug-likeness (QED) is 0.0657. The molecule has 6 heterocycles. The number of carbonyl (C=O) groups excluding carboxylic acids is 8. The Kier molecular flexibility index (Phi) is 13.7. The molecule has 0 saturated heterocycles. The highest BCUT2D eigenvalue weighted by atomic mass is 16.2. The van der Waals surface area contributed by atoms with Gasteiger partial charge in [-0.3, -0.25) is 42.9 Å². The van der Waals surface area contributed by atoms with E-state index in [1.165, 1.54) is 69.8 Å². The molecule has 7 N–H and O–H groups in total. The third-order valence-electron chi connectivity index (χ3n) is 9.67. The first-order valence-corrected chi connectivity index (χ1v) is 19.7. The molecule has 0 radical (unpaired) electrons. The predicted molar refractivity (Wildman–Crippen MR) is 233 cm³/mol. The van der Waals surface area contributed by atoms with E-state index in [2.05, 4.69) is 47.2 Å². The summed E-state index contributed by atoms with van der Waals surface area (Å²) in [5.41, 5.74) is 2.43. The molecule has 0 aliphatic heterocycles. The summed E-state index contributed by atoms with van der Waals surface area (Å²) in [5.74, 6) is -2.99. The van der Waals surface area contributed by atoms with E-state index < -0.39 is 29.5 Å².